The number of rotatable bonds is 19. The summed E-state index contributed by atoms with van der Waals surface area (Å²) in [6.45, 7) is -4.36. The van der Waals surface area contributed by atoms with E-state index in [4.69, 9.17) is 11.5 Å². The first-order valence-electron chi connectivity index (χ1n) is 9.94. The van der Waals surface area contributed by atoms with Crippen LogP contribution in [0.25, 0.3) is 0 Å². The van der Waals surface area contributed by atoms with Crippen molar-refractivity contribution in [3.05, 3.63) is 0 Å². The zero-order chi connectivity index (χ0) is 24.9. The zero-order valence-corrected chi connectivity index (χ0v) is 17.9. The number of carbonyl (C=O) groups is 4. The highest BCUT2D eigenvalue weighted by Crippen LogP contribution is 2.27. The quantitative estimate of drug-likeness (QED) is 0.0901. The van der Waals surface area contributed by atoms with Crippen molar-refractivity contribution in [1.82, 2.24) is 9.80 Å². The summed E-state index contributed by atoms with van der Waals surface area (Å²) in [5.74, 6) is -4.72. The van der Waals surface area contributed by atoms with E-state index in [0.717, 1.165) is 9.80 Å². The molecular weight excluding hydrogens is 432 g/mol. The Labute approximate surface area is 185 Å². The van der Waals surface area contributed by atoms with E-state index in [0.29, 0.717) is 0 Å². The molecule has 0 saturated carbocycles. The molecular formula is C18H34N4O10. The van der Waals surface area contributed by atoms with Gasteiger partial charge in [0.05, 0.1) is 13.1 Å². The Balaban J connectivity index is 6.28. The molecule has 0 radical (unpaired) electrons. The van der Waals surface area contributed by atoms with Crippen molar-refractivity contribution in [1.29, 1.82) is 0 Å². The van der Waals surface area contributed by atoms with Crippen LogP contribution in [0.4, 0.5) is 0 Å². The largest absolute Gasteiger partial charge is 0.480 e. The fourth-order valence-electron chi connectivity index (χ4n) is 3.88. The molecule has 0 aliphatic heterocycles. The minimum Gasteiger partial charge on any atom is -0.480 e. The van der Waals surface area contributed by atoms with Crippen LogP contribution in [0, 0.1) is 0 Å². The lowest BCUT2D eigenvalue weighted by Gasteiger charge is -2.44. The summed E-state index contributed by atoms with van der Waals surface area (Å²) < 4.78 is 0. The van der Waals surface area contributed by atoms with E-state index in [1.165, 1.54) is 0 Å². The number of aliphatic hydroxyl groups is 4. The molecule has 14 nitrogen and oxygen atoms in total. The van der Waals surface area contributed by atoms with Crippen LogP contribution in [0.2, 0.25) is 0 Å². The van der Waals surface area contributed by atoms with E-state index in [1.54, 1.807) is 0 Å². The lowest BCUT2D eigenvalue weighted by atomic mass is 9.87. The Morgan fingerprint density at radius 1 is 0.594 bits per heavy atom. The van der Waals surface area contributed by atoms with Crippen molar-refractivity contribution in [3.8, 4) is 0 Å². The minimum absolute atomic E-state index is 0.302. The maximum Gasteiger partial charge on any atom is 0.317 e. The molecule has 32 heavy (non-hydrogen) atoms. The van der Waals surface area contributed by atoms with Crippen LogP contribution in [0.3, 0.4) is 0 Å². The molecule has 186 valence electrons. The standard InChI is InChI=1S/C18H34N4O10/c19-15(31)17(1-7-23,2-8-24)21(11-13(27)28)5-6-22(12-14(29)30)18(3-9-25,4-10-26)16(20)32/h23-26H,1-12H2,(H2,19,31)(H2,20,32)(H,27,28)(H,29,30). The average molecular weight is 466 g/mol. The van der Waals surface area contributed by atoms with Crippen molar-refractivity contribution in [3.63, 3.8) is 0 Å². The van der Waals surface area contributed by atoms with Gasteiger partial charge >= 0.3 is 11.9 Å². The summed E-state index contributed by atoms with van der Waals surface area (Å²) in [5, 5.41) is 56.4. The van der Waals surface area contributed by atoms with Gasteiger partial charge in [0.25, 0.3) is 0 Å². The number of aliphatic hydroxyl groups excluding tert-OH is 4. The maximum absolute atomic E-state index is 12.3. The Bertz CT molecular complexity index is 579. The van der Waals surface area contributed by atoms with Gasteiger partial charge in [-0.15, -0.1) is 0 Å². The second kappa shape index (κ2) is 13.9. The van der Waals surface area contributed by atoms with Gasteiger partial charge in [-0.1, -0.05) is 0 Å². The highest BCUT2D eigenvalue weighted by atomic mass is 16.4. The van der Waals surface area contributed by atoms with E-state index < -0.39 is 74.3 Å². The molecule has 0 aromatic carbocycles. The van der Waals surface area contributed by atoms with Crippen molar-refractivity contribution in [2.45, 2.75) is 36.8 Å². The Morgan fingerprint density at radius 3 is 1.00 bits per heavy atom. The average Bonchev–Trinajstić information content (AvgIpc) is 2.68. The van der Waals surface area contributed by atoms with Crippen LogP contribution < -0.4 is 11.5 Å². The number of carboxylic acid groups (broad SMARTS) is 2. The van der Waals surface area contributed by atoms with Gasteiger partial charge in [-0.3, -0.25) is 29.0 Å². The monoisotopic (exact) mass is 466 g/mol. The smallest absolute Gasteiger partial charge is 0.317 e. The minimum atomic E-state index is -1.76. The van der Waals surface area contributed by atoms with E-state index >= 15 is 0 Å². The third-order valence-corrected chi connectivity index (χ3v) is 5.52. The fraction of sp³-hybridized carbons (Fsp3) is 0.778. The van der Waals surface area contributed by atoms with Gasteiger partial charge in [0.2, 0.25) is 11.8 Å². The number of carboxylic acids is 2. The number of hydrogen-bond acceptors (Lipinski definition) is 10. The molecule has 0 atom stereocenters. The van der Waals surface area contributed by atoms with Crippen LogP contribution in [0.15, 0.2) is 0 Å². The highest BCUT2D eigenvalue weighted by Gasteiger charge is 2.45. The van der Waals surface area contributed by atoms with E-state index in [9.17, 15) is 49.8 Å². The molecule has 0 aliphatic carbocycles. The van der Waals surface area contributed by atoms with Crippen LogP contribution in [0.1, 0.15) is 25.7 Å². The molecule has 10 N–H and O–H groups in total. The summed E-state index contributed by atoms with van der Waals surface area (Å²) in [4.78, 5) is 49.6. The lowest BCUT2D eigenvalue weighted by molar-refractivity contribution is -0.149. The number of aliphatic carboxylic acids is 2. The third kappa shape index (κ3) is 7.65. The SMILES string of the molecule is NC(=O)C(CCO)(CCO)N(CCN(CC(=O)O)C(CCO)(CCO)C(N)=O)CC(=O)O. The number of hydrogen-bond donors (Lipinski definition) is 8. The molecule has 0 saturated heterocycles. The third-order valence-electron chi connectivity index (χ3n) is 5.52. The molecule has 0 spiro atoms. The lowest BCUT2D eigenvalue weighted by Crippen LogP contribution is -2.64. The second-order valence-corrected chi connectivity index (χ2v) is 7.32. The summed E-state index contributed by atoms with van der Waals surface area (Å²) in [6.07, 6.45) is -1.21. The normalized spacial score (nSPS) is 12.3. The summed E-state index contributed by atoms with van der Waals surface area (Å²) in [7, 11) is 0. The van der Waals surface area contributed by atoms with Crippen molar-refractivity contribution in [2.24, 2.45) is 11.5 Å². The molecule has 0 aliphatic rings. The number of primary amides is 2. The van der Waals surface area contributed by atoms with Gasteiger partial charge in [-0.05, 0) is 25.7 Å². The Hall–Kier alpha value is -2.36. The number of amides is 2. The second-order valence-electron chi connectivity index (χ2n) is 7.32. The van der Waals surface area contributed by atoms with Gasteiger partial charge in [-0.2, -0.15) is 0 Å². The highest BCUT2D eigenvalue weighted by molar-refractivity contribution is 5.86. The zero-order valence-electron chi connectivity index (χ0n) is 17.9. The van der Waals surface area contributed by atoms with Gasteiger partial charge in [0.15, 0.2) is 0 Å². The van der Waals surface area contributed by atoms with Crippen LogP contribution in [-0.4, -0.2) is 128 Å². The number of carbonyl (C=O) groups excluding carboxylic acids is 2. The molecule has 2 amide bonds. The van der Waals surface area contributed by atoms with Crippen molar-refractivity contribution >= 4 is 23.8 Å². The van der Waals surface area contributed by atoms with E-state index in [2.05, 4.69) is 0 Å². The molecule has 0 aromatic rings. The van der Waals surface area contributed by atoms with Gasteiger partial charge in [-0.25, -0.2) is 0 Å². The number of nitrogens with two attached hydrogens (primary N) is 2. The summed E-state index contributed by atoms with van der Waals surface area (Å²) in [6, 6.07) is 0. The first-order valence-corrected chi connectivity index (χ1v) is 9.94. The van der Waals surface area contributed by atoms with Gasteiger partial charge < -0.3 is 42.1 Å². The Morgan fingerprint density at radius 2 is 0.844 bits per heavy atom. The van der Waals surface area contributed by atoms with Gasteiger partial charge in [0, 0.05) is 39.5 Å². The molecule has 0 unspecified atom stereocenters. The number of nitrogens with zero attached hydrogens (tertiary/aromatic N) is 2. The van der Waals surface area contributed by atoms with Crippen LogP contribution in [-0.2, 0) is 19.2 Å². The van der Waals surface area contributed by atoms with E-state index in [-0.39, 0.29) is 38.8 Å². The van der Waals surface area contributed by atoms with Crippen molar-refractivity contribution in [2.75, 3.05) is 52.6 Å². The summed E-state index contributed by atoms with van der Waals surface area (Å²) in [5.41, 5.74) is 7.46. The molecule has 0 bridgehead atoms. The Kier molecular flexibility index (Phi) is 12.9. The molecule has 14 heteroatoms. The molecule has 0 fully saturated rings. The predicted octanol–water partition coefficient (Wildman–Crippen LogP) is -4.26. The summed E-state index contributed by atoms with van der Waals surface area (Å²) >= 11 is 0. The van der Waals surface area contributed by atoms with Crippen molar-refractivity contribution < 1.29 is 49.8 Å². The molecule has 0 heterocycles. The van der Waals surface area contributed by atoms with Crippen LogP contribution >= 0.6 is 0 Å². The fourth-order valence-corrected chi connectivity index (χ4v) is 3.88. The molecule has 0 aromatic heterocycles. The predicted molar refractivity (Wildman–Crippen MR) is 109 cm³/mol. The topological polar surface area (TPSA) is 248 Å². The van der Waals surface area contributed by atoms with Crippen LogP contribution in [0.5, 0.6) is 0 Å². The first kappa shape index (κ1) is 29.6. The maximum atomic E-state index is 12.3. The van der Waals surface area contributed by atoms with E-state index in [1.807, 2.05) is 0 Å². The first-order chi connectivity index (χ1) is 15.0. The van der Waals surface area contributed by atoms with Gasteiger partial charge in [0.1, 0.15) is 11.1 Å². The molecule has 0 rings (SSSR count).